The van der Waals surface area contributed by atoms with Gasteiger partial charge in [-0.1, -0.05) is 11.6 Å². The quantitative estimate of drug-likeness (QED) is 0.902. The van der Waals surface area contributed by atoms with E-state index in [1.54, 1.807) is 36.4 Å². The fourth-order valence-corrected chi connectivity index (χ4v) is 2.48. The molecule has 1 N–H and O–H groups in total. The average molecular weight is 333 g/mol. The zero-order valence-corrected chi connectivity index (χ0v) is 13.3. The van der Waals surface area contributed by atoms with Crippen LogP contribution in [-0.4, -0.2) is 24.1 Å². The molecule has 1 amide bonds. The summed E-state index contributed by atoms with van der Waals surface area (Å²) >= 11 is 5.78. The Hall–Kier alpha value is -2.11. The summed E-state index contributed by atoms with van der Waals surface area (Å²) in [4.78, 5) is 16.0. The molecule has 2 aromatic rings. The number of aromatic nitrogens is 1. The van der Waals surface area contributed by atoms with E-state index in [1.807, 2.05) is 0 Å². The van der Waals surface area contributed by atoms with Crippen LogP contribution in [0.15, 0.2) is 42.6 Å². The van der Waals surface area contributed by atoms with Gasteiger partial charge < -0.3 is 14.8 Å². The van der Waals surface area contributed by atoms with Crippen LogP contribution < -0.4 is 10.1 Å². The molecule has 1 aliphatic rings. The Morgan fingerprint density at radius 3 is 2.78 bits per heavy atom. The summed E-state index contributed by atoms with van der Waals surface area (Å²) in [5, 5.41) is 3.44. The van der Waals surface area contributed by atoms with E-state index in [2.05, 4.69) is 10.3 Å². The highest BCUT2D eigenvalue weighted by Crippen LogP contribution is 2.23. The standard InChI is InChI=1S/C17H17ClN2O3/c18-13-1-6-17(19-10-13)23-15-4-2-14(3-5-15)20-16(21)9-12-7-8-22-11-12/h1-6,10,12H,7-9,11H2,(H,20,21)/t12-/m1/s1. The normalized spacial score (nSPS) is 17.0. The van der Waals surface area contributed by atoms with Crippen molar-refractivity contribution in [3.8, 4) is 11.6 Å². The molecule has 0 saturated carbocycles. The van der Waals surface area contributed by atoms with Crippen LogP contribution in [0.1, 0.15) is 12.8 Å². The Morgan fingerprint density at radius 2 is 2.13 bits per heavy atom. The lowest BCUT2D eigenvalue weighted by atomic mass is 10.0. The van der Waals surface area contributed by atoms with Gasteiger partial charge in [0.15, 0.2) is 0 Å². The number of hydrogen-bond acceptors (Lipinski definition) is 4. The van der Waals surface area contributed by atoms with Crippen molar-refractivity contribution in [3.05, 3.63) is 47.6 Å². The van der Waals surface area contributed by atoms with E-state index in [4.69, 9.17) is 21.1 Å². The van der Waals surface area contributed by atoms with Gasteiger partial charge in [0.2, 0.25) is 11.8 Å². The number of nitrogens with zero attached hydrogens (tertiary/aromatic N) is 1. The third-order valence-corrected chi connectivity index (χ3v) is 3.78. The van der Waals surface area contributed by atoms with Gasteiger partial charge in [-0.05, 0) is 42.7 Å². The van der Waals surface area contributed by atoms with Crippen LogP contribution in [0.5, 0.6) is 11.6 Å². The highest BCUT2D eigenvalue weighted by Gasteiger charge is 2.19. The van der Waals surface area contributed by atoms with E-state index in [0.717, 1.165) is 18.7 Å². The molecule has 0 spiro atoms. The number of carbonyl (C=O) groups is 1. The SMILES string of the molecule is O=C(C[C@H]1CCOC1)Nc1ccc(Oc2ccc(Cl)cn2)cc1. The Bertz CT molecular complexity index is 653. The van der Waals surface area contributed by atoms with Gasteiger partial charge in [-0.15, -0.1) is 0 Å². The first kappa shape index (κ1) is 15.8. The van der Waals surface area contributed by atoms with Gasteiger partial charge in [-0.2, -0.15) is 0 Å². The maximum atomic E-state index is 12.0. The minimum absolute atomic E-state index is 0.00790. The number of ether oxygens (including phenoxy) is 2. The van der Waals surface area contributed by atoms with Crippen LogP contribution in [0, 0.1) is 5.92 Å². The summed E-state index contributed by atoms with van der Waals surface area (Å²) in [5.41, 5.74) is 0.741. The number of benzene rings is 1. The van der Waals surface area contributed by atoms with E-state index < -0.39 is 0 Å². The number of hydrogen-bond donors (Lipinski definition) is 1. The molecular formula is C17H17ClN2O3. The minimum atomic E-state index is 0.00790. The molecule has 0 radical (unpaired) electrons. The molecule has 5 nitrogen and oxygen atoms in total. The van der Waals surface area contributed by atoms with E-state index in [0.29, 0.717) is 35.6 Å². The molecule has 1 fully saturated rings. The largest absolute Gasteiger partial charge is 0.439 e. The third-order valence-electron chi connectivity index (χ3n) is 3.56. The molecule has 1 saturated heterocycles. The molecule has 3 rings (SSSR count). The number of halogens is 1. The fraction of sp³-hybridized carbons (Fsp3) is 0.294. The lowest BCUT2D eigenvalue weighted by molar-refractivity contribution is -0.117. The van der Waals surface area contributed by atoms with Crippen molar-refractivity contribution in [1.29, 1.82) is 0 Å². The fourth-order valence-electron chi connectivity index (χ4n) is 2.37. The first-order valence-corrected chi connectivity index (χ1v) is 7.84. The molecule has 1 aliphatic heterocycles. The van der Waals surface area contributed by atoms with Crippen molar-refractivity contribution in [3.63, 3.8) is 0 Å². The molecule has 0 bridgehead atoms. The first-order valence-electron chi connectivity index (χ1n) is 7.46. The molecule has 0 aliphatic carbocycles. The Morgan fingerprint density at radius 1 is 1.30 bits per heavy atom. The summed E-state index contributed by atoms with van der Waals surface area (Å²) in [6, 6.07) is 10.6. The summed E-state index contributed by atoms with van der Waals surface area (Å²) in [6.07, 6.45) is 2.97. The molecule has 0 unspecified atom stereocenters. The van der Waals surface area contributed by atoms with Crippen molar-refractivity contribution in [2.75, 3.05) is 18.5 Å². The number of pyridine rings is 1. The summed E-state index contributed by atoms with van der Waals surface area (Å²) < 4.78 is 10.9. The Labute approximate surface area is 139 Å². The molecule has 1 aromatic carbocycles. The van der Waals surface area contributed by atoms with Crippen molar-refractivity contribution in [2.45, 2.75) is 12.8 Å². The van der Waals surface area contributed by atoms with Crippen LogP contribution >= 0.6 is 11.6 Å². The summed E-state index contributed by atoms with van der Waals surface area (Å²) in [6.45, 7) is 1.43. The molecule has 2 heterocycles. The van der Waals surface area contributed by atoms with Gasteiger partial charge in [-0.25, -0.2) is 4.98 Å². The van der Waals surface area contributed by atoms with Gasteiger partial charge in [0.05, 0.1) is 5.02 Å². The zero-order valence-electron chi connectivity index (χ0n) is 12.5. The summed E-state index contributed by atoms with van der Waals surface area (Å²) in [7, 11) is 0. The number of carbonyl (C=O) groups excluding carboxylic acids is 1. The van der Waals surface area contributed by atoms with E-state index in [9.17, 15) is 4.79 Å². The highest BCUT2D eigenvalue weighted by atomic mass is 35.5. The molecule has 6 heteroatoms. The number of anilines is 1. The number of rotatable bonds is 5. The zero-order chi connectivity index (χ0) is 16.1. The topological polar surface area (TPSA) is 60.5 Å². The predicted molar refractivity (Wildman–Crippen MR) is 87.9 cm³/mol. The van der Waals surface area contributed by atoms with Crippen molar-refractivity contribution >= 4 is 23.2 Å². The van der Waals surface area contributed by atoms with Crippen LogP contribution in [0.2, 0.25) is 5.02 Å². The second kappa shape index (κ2) is 7.44. The van der Waals surface area contributed by atoms with Crippen molar-refractivity contribution in [1.82, 2.24) is 4.98 Å². The predicted octanol–water partition coefficient (Wildman–Crippen LogP) is 3.89. The maximum Gasteiger partial charge on any atom is 0.224 e. The minimum Gasteiger partial charge on any atom is -0.439 e. The maximum absolute atomic E-state index is 12.0. The first-order chi connectivity index (χ1) is 11.2. The molecular weight excluding hydrogens is 316 g/mol. The Kier molecular flexibility index (Phi) is 5.10. The van der Waals surface area contributed by atoms with Gasteiger partial charge >= 0.3 is 0 Å². The second-order valence-electron chi connectivity index (χ2n) is 5.42. The van der Waals surface area contributed by atoms with Crippen molar-refractivity contribution < 1.29 is 14.3 Å². The van der Waals surface area contributed by atoms with Crippen LogP contribution in [0.4, 0.5) is 5.69 Å². The molecule has 120 valence electrons. The molecule has 1 aromatic heterocycles. The summed E-state index contributed by atoms with van der Waals surface area (Å²) in [5.74, 6) is 1.44. The van der Waals surface area contributed by atoms with E-state index in [-0.39, 0.29) is 5.91 Å². The smallest absolute Gasteiger partial charge is 0.224 e. The van der Waals surface area contributed by atoms with Crippen LogP contribution in [0.3, 0.4) is 0 Å². The lowest BCUT2D eigenvalue weighted by Gasteiger charge is -2.09. The van der Waals surface area contributed by atoms with E-state index in [1.165, 1.54) is 6.20 Å². The lowest BCUT2D eigenvalue weighted by Crippen LogP contribution is -2.16. The highest BCUT2D eigenvalue weighted by molar-refractivity contribution is 6.30. The van der Waals surface area contributed by atoms with Crippen molar-refractivity contribution in [2.24, 2.45) is 5.92 Å². The van der Waals surface area contributed by atoms with Crippen LogP contribution in [0.25, 0.3) is 0 Å². The molecule has 1 atom stereocenters. The second-order valence-corrected chi connectivity index (χ2v) is 5.86. The number of amides is 1. The number of nitrogens with one attached hydrogen (secondary N) is 1. The van der Waals surface area contributed by atoms with Gasteiger partial charge in [-0.3, -0.25) is 4.79 Å². The monoisotopic (exact) mass is 332 g/mol. The Balaban J connectivity index is 1.54. The van der Waals surface area contributed by atoms with Gasteiger partial charge in [0, 0.05) is 37.6 Å². The molecule has 23 heavy (non-hydrogen) atoms. The average Bonchev–Trinajstić information content (AvgIpc) is 3.04. The van der Waals surface area contributed by atoms with Gasteiger partial charge in [0.1, 0.15) is 5.75 Å². The van der Waals surface area contributed by atoms with Gasteiger partial charge in [0.25, 0.3) is 0 Å². The van der Waals surface area contributed by atoms with E-state index >= 15 is 0 Å². The third kappa shape index (κ3) is 4.68. The van der Waals surface area contributed by atoms with Crippen LogP contribution in [-0.2, 0) is 9.53 Å².